The molecule has 0 spiro atoms. The van der Waals surface area contributed by atoms with Gasteiger partial charge in [-0.25, -0.2) is 9.97 Å². The Kier molecular flexibility index (Phi) is 5.66. The molecule has 1 fully saturated rings. The second-order valence-electron chi connectivity index (χ2n) is 7.57. The molecule has 0 radical (unpaired) electrons. The van der Waals surface area contributed by atoms with Crippen LogP contribution < -0.4 is 5.56 Å². The fourth-order valence-electron chi connectivity index (χ4n) is 4.33. The summed E-state index contributed by atoms with van der Waals surface area (Å²) in [6.07, 6.45) is 6.32. The number of fused-ring (bicyclic) bond motifs is 3. The standard InChI is InChI=1S/C23H22N4O.ClH/c28-23-20-10-8-17(7-9-18-5-1-3-11-24-18)15-21(20)25-22-16-19-6-2-4-12-26(19)13-14-27(22)23;/h1,3,5,8,10-11,15,19H,2,4,6,12-14,16H2;1H. The van der Waals surface area contributed by atoms with E-state index in [1.165, 1.54) is 19.3 Å². The number of pyridine rings is 1. The molecule has 0 bridgehead atoms. The first kappa shape index (κ1) is 19.6. The van der Waals surface area contributed by atoms with Gasteiger partial charge < -0.3 is 0 Å². The van der Waals surface area contributed by atoms with E-state index in [0.717, 1.165) is 48.7 Å². The molecule has 0 amide bonds. The second kappa shape index (κ2) is 8.36. The van der Waals surface area contributed by atoms with E-state index < -0.39 is 0 Å². The summed E-state index contributed by atoms with van der Waals surface area (Å²) in [5.41, 5.74) is 2.40. The van der Waals surface area contributed by atoms with Crippen LogP contribution in [0.3, 0.4) is 0 Å². The SMILES string of the molecule is Cl.O=c1c2ccc(C#Cc3ccccn3)cc2nc2n1CCN1CCCCC1C2. The molecule has 1 unspecified atom stereocenters. The summed E-state index contributed by atoms with van der Waals surface area (Å²) in [5, 5.41) is 0.673. The number of benzene rings is 1. The van der Waals surface area contributed by atoms with Crippen LogP contribution in [0.2, 0.25) is 0 Å². The van der Waals surface area contributed by atoms with Crippen LogP contribution in [0.15, 0.2) is 47.4 Å². The molecule has 5 rings (SSSR count). The van der Waals surface area contributed by atoms with Crippen molar-refractivity contribution in [2.24, 2.45) is 0 Å². The summed E-state index contributed by atoms with van der Waals surface area (Å²) in [5.74, 6) is 7.13. The van der Waals surface area contributed by atoms with E-state index in [1.807, 2.05) is 41.0 Å². The lowest BCUT2D eigenvalue weighted by Gasteiger charge is -2.33. The summed E-state index contributed by atoms with van der Waals surface area (Å²) in [6, 6.07) is 11.9. The smallest absolute Gasteiger partial charge is 0.261 e. The predicted octanol–water partition coefficient (Wildman–Crippen LogP) is 3.02. The third-order valence-corrected chi connectivity index (χ3v) is 5.81. The van der Waals surface area contributed by atoms with Crippen LogP contribution in [0.1, 0.15) is 36.3 Å². The Labute approximate surface area is 176 Å². The highest BCUT2D eigenvalue weighted by atomic mass is 35.5. The first-order valence-corrected chi connectivity index (χ1v) is 9.98. The summed E-state index contributed by atoms with van der Waals surface area (Å²) in [4.78, 5) is 24.7. The molecule has 0 N–H and O–H groups in total. The van der Waals surface area contributed by atoms with Gasteiger partial charge in [0, 0.05) is 37.3 Å². The van der Waals surface area contributed by atoms with Gasteiger partial charge in [-0.2, -0.15) is 0 Å². The predicted molar refractivity (Wildman–Crippen MR) is 116 cm³/mol. The van der Waals surface area contributed by atoms with Crippen LogP contribution in [0.4, 0.5) is 0 Å². The molecule has 5 nitrogen and oxygen atoms in total. The van der Waals surface area contributed by atoms with Gasteiger partial charge in [-0.05, 0) is 55.6 Å². The van der Waals surface area contributed by atoms with Crippen molar-refractivity contribution >= 4 is 23.3 Å². The fourth-order valence-corrected chi connectivity index (χ4v) is 4.33. The Morgan fingerprint density at radius 2 is 1.97 bits per heavy atom. The van der Waals surface area contributed by atoms with Crippen molar-refractivity contribution in [3.63, 3.8) is 0 Å². The molecule has 2 aliphatic rings. The van der Waals surface area contributed by atoms with Crippen molar-refractivity contribution in [3.05, 3.63) is 70.0 Å². The van der Waals surface area contributed by atoms with Gasteiger partial charge in [0.15, 0.2) is 0 Å². The molecule has 148 valence electrons. The van der Waals surface area contributed by atoms with Crippen LogP contribution in [0, 0.1) is 11.8 Å². The zero-order valence-corrected chi connectivity index (χ0v) is 17.0. The molecular weight excluding hydrogens is 384 g/mol. The van der Waals surface area contributed by atoms with E-state index in [0.29, 0.717) is 11.4 Å². The van der Waals surface area contributed by atoms with Gasteiger partial charge in [-0.1, -0.05) is 18.4 Å². The Morgan fingerprint density at radius 1 is 1.03 bits per heavy atom. The number of nitrogens with zero attached hydrogens (tertiary/aromatic N) is 4. The van der Waals surface area contributed by atoms with E-state index in [4.69, 9.17) is 4.98 Å². The van der Waals surface area contributed by atoms with Gasteiger partial charge in [0.25, 0.3) is 5.56 Å². The minimum Gasteiger partial charge on any atom is -0.298 e. The van der Waals surface area contributed by atoms with Crippen LogP contribution >= 0.6 is 12.4 Å². The minimum atomic E-state index is 0. The number of halogens is 1. The van der Waals surface area contributed by atoms with Crippen molar-refractivity contribution in [2.45, 2.75) is 38.3 Å². The maximum absolute atomic E-state index is 13.1. The molecule has 1 atom stereocenters. The maximum atomic E-state index is 13.1. The van der Waals surface area contributed by atoms with Crippen molar-refractivity contribution in [1.82, 2.24) is 19.4 Å². The van der Waals surface area contributed by atoms with Crippen LogP contribution in [0.25, 0.3) is 10.9 Å². The second-order valence-corrected chi connectivity index (χ2v) is 7.57. The molecule has 1 saturated heterocycles. The first-order valence-electron chi connectivity index (χ1n) is 9.98. The Morgan fingerprint density at radius 3 is 2.83 bits per heavy atom. The highest BCUT2D eigenvalue weighted by molar-refractivity contribution is 5.85. The summed E-state index contributed by atoms with van der Waals surface area (Å²) in [7, 11) is 0. The lowest BCUT2D eigenvalue weighted by molar-refractivity contribution is 0.152. The molecule has 0 saturated carbocycles. The molecule has 29 heavy (non-hydrogen) atoms. The number of aromatic nitrogens is 3. The Balaban J connectivity index is 0.00000205. The molecule has 6 heteroatoms. The monoisotopic (exact) mass is 406 g/mol. The zero-order chi connectivity index (χ0) is 18.9. The average molecular weight is 407 g/mol. The molecule has 4 heterocycles. The molecular formula is C23H23ClN4O. The summed E-state index contributed by atoms with van der Waals surface area (Å²) >= 11 is 0. The quantitative estimate of drug-likeness (QED) is 0.538. The van der Waals surface area contributed by atoms with E-state index in [-0.39, 0.29) is 18.0 Å². The minimum absolute atomic E-state index is 0. The number of piperidine rings is 1. The topological polar surface area (TPSA) is 51.0 Å². The lowest BCUT2D eigenvalue weighted by Crippen LogP contribution is -2.40. The molecule has 3 aromatic rings. The fraction of sp³-hybridized carbons (Fsp3) is 0.348. The average Bonchev–Trinajstić information content (AvgIpc) is 2.92. The summed E-state index contributed by atoms with van der Waals surface area (Å²) in [6.45, 7) is 2.81. The largest absolute Gasteiger partial charge is 0.298 e. The highest BCUT2D eigenvalue weighted by Crippen LogP contribution is 2.23. The summed E-state index contributed by atoms with van der Waals surface area (Å²) < 4.78 is 1.89. The van der Waals surface area contributed by atoms with Crippen molar-refractivity contribution in [3.8, 4) is 11.8 Å². The lowest BCUT2D eigenvalue weighted by atomic mass is 9.99. The Bertz CT molecular complexity index is 1150. The van der Waals surface area contributed by atoms with Gasteiger partial charge in [0.2, 0.25) is 0 Å². The number of rotatable bonds is 0. The van der Waals surface area contributed by atoms with Crippen LogP contribution in [-0.4, -0.2) is 38.6 Å². The van der Waals surface area contributed by atoms with E-state index >= 15 is 0 Å². The van der Waals surface area contributed by atoms with Gasteiger partial charge in [-0.3, -0.25) is 14.3 Å². The third-order valence-electron chi connectivity index (χ3n) is 5.81. The third kappa shape index (κ3) is 3.91. The van der Waals surface area contributed by atoms with E-state index in [1.54, 1.807) is 6.20 Å². The first-order chi connectivity index (χ1) is 13.8. The number of hydrogen-bond donors (Lipinski definition) is 0. The van der Waals surface area contributed by atoms with Gasteiger partial charge in [0.05, 0.1) is 10.9 Å². The van der Waals surface area contributed by atoms with Gasteiger partial charge in [0.1, 0.15) is 11.5 Å². The number of hydrogen-bond acceptors (Lipinski definition) is 4. The molecule has 2 aromatic heterocycles. The highest BCUT2D eigenvalue weighted by Gasteiger charge is 2.27. The Hall–Kier alpha value is -2.68. The van der Waals surface area contributed by atoms with Crippen molar-refractivity contribution in [2.75, 3.05) is 13.1 Å². The zero-order valence-electron chi connectivity index (χ0n) is 16.2. The van der Waals surface area contributed by atoms with Crippen molar-refractivity contribution < 1.29 is 0 Å². The normalized spacial score (nSPS) is 18.6. The molecule has 0 aliphatic carbocycles. The van der Waals surface area contributed by atoms with Crippen LogP contribution in [-0.2, 0) is 13.0 Å². The van der Waals surface area contributed by atoms with Gasteiger partial charge >= 0.3 is 0 Å². The van der Waals surface area contributed by atoms with Crippen LogP contribution in [0.5, 0.6) is 0 Å². The van der Waals surface area contributed by atoms with Crippen molar-refractivity contribution in [1.29, 1.82) is 0 Å². The van der Waals surface area contributed by atoms with Gasteiger partial charge in [-0.15, -0.1) is 12.4 Å². The van der Waals surface area contributed by atoms with E-state index in [2.05, 4.69) is 21.7 Å². The van der Waals surface area contributed by atoms with E-state index in [9.17, 15) is 4.79 Å². The molecule has 1 aromatic carbocycles. The maximum Gasteiger partial charge on any atom is 0.261 e. The molecule has 2 aliphatic heterocycles.